The van der Waals surface area contributed by atoms with Gasteiger partial charge in [0, 0.05) is 11.2 Å². The molecule has 3 rings (SSSR count). The minimum atomic E-state index is -0.192. The number of fused-ring (bicyclic) bond motifs is 1. The normalized spacial score (nSPS) is 12.5. The lowest BCUT2D eigenvalue weighted by molar-refractivity contribution is 0.0939. The van der Waals surface area contributed by atoms with E-state index in [0.717, 1.165) is 16.6 Å². The maximum atomic E-state index is 12.5. The predicted octanol–water partition coefficient (Wildman–Crippen LogP) is 4.49. The van der Waals surface area contributed by atoms with Crippen LogP contribution in [0.5, 0.6) is 0 Å². The number of carbonyl (C=O) groups excluding carboxylic acids is 1. The molecule has 0 aliphatic carbocycles. The molecular weight excluding hydrogens is 326 g/mol. The van der Waals surface area contributed by atoms with Crippen molar-refractivity contribution in [1.29, 1.82) is 0 Å². The predicted molar refractivity (Wildman–Crippen MR) is 93.2 cm³/mol. The average molecular weight is 344 g/mol. The van der Waals surface area contributed by atoms with Crippen LogP contribution < -0.4 is 5.32 Å². The Balaban J connectivity index is 1.83. The van der Waals surface area contributed by atoms with Gasteiger partial charge in [0.2, 0.25) is 0 Å². The maximum absolute atomic E-state index is 12.5. The van der Waals surface area contributed by atoms with Crippen LogP contribution in [-0.4, -0.2) is 16.0 Å². The summed E-state index contributed by atoms with van der Waals surface area (Å²) in [5, 5.41) is 8.44. The number of halogens is 1. The van der Waals surface area contributed by atoms with Crippen LogP contribution in [0.2, 0.25) is 5.02 Å². The molecule has 2 heterocycles. The van der Waals surface area contributed by atoms with Crippen LogP contribution in [0.15, 0.2) is 41.1 Å². The van der Waals surface area contributed by atoms with Crippen molar-refractivity contribution >= 4 is 28.6 Å². The third-order valence-electron chi connectivity index (χ3n) is 3.88. The third-order valence-corrected chi connectivity index (χ3v) is 4.14. The molecule has 1 unspecified atom stereocenters. The van der Waals surface area contributed by atoms with Gasteiger partial charge in [0.05, 0.1) is 22.7 Å². The van der Waals surface area contributed by atoms with Crippen molar-refractivity contribution in [2.75, 3.05) is 0 Å². The molecule has 5 nitrogen and oxygen atoms in total. The van der Waals surface area contributed by atoms with Gasteiger partial charge in [-0.2, -0.15) is 0 Å². The quantitative estimate of drug-likeness (QED) is 0.757. The van der Waals surface area contributed by atoms with Gasteiger partial charge in [-0.25, -0.2) is 4.98 Å². The van der Waals surface area contributed by atoms with Crippen molar-refractivity contribution < 1.29 is 9.32 Å². The van der Waals surface area contributed by atoms with E-state index in [1.54, 1.807) is 18.2 Å². The molecule has 1 N–H and O–H groups in total. The summed E-state index contributed by atoms with van der Waals surface area (Å²) >= 11 is 5.89. The Hall–Kier alpha value is -2.40. The van der Waals surface area contributed by atoms with Gasteiger partial charge in [-0.15, -0.1) is 0 Å². The van der Waals surface area contributed by atoms with E-state index in [1.165, 1.54) is 6.20 Å². The fourth-order valence-electron chi connectivity index (χ4n) is 2.51. The van der Waals surface area contributed by atoms with Crippen molar-refractivity contribution in [3.05, 3.63) is 58.4 Å². The molecule has 0 aliphatic heterocycles. The lowest BCUT2D eigenvalue weighted by Crippen LogP contribution is -2.26. The lowest BCUT2D eigenvalue weighted by Gasteiger charge is -2.14. The fourth-order valence-corrected chi connectivity index (χ4v) is 2.63. The molecule has 24 heavy (non-hydrogen) atoms. The second-order valence-corrected chi connectivity index (χ2v) is 6.48. The molecule has 0 aliphatic rings. The molecule has 6 heteroatoms. The largest absolute Gasteiger partial charge is 0.345 e. The van der Waals surface area contributed by atoms with E-state index in [1.807, 2.05) is 32.9 Å². The number of nitrogens with zero attached hydrogens (tertiary/aromatic N) is 2. The second-order valence-electron chi connectivity index (χ2n) is 6.05. The van der Waals surface area contributed by atoms with E-state index < -0.39 is 0 Å². The molecule has 0 radical (unpaired) electrons. The smallest absolute Gasteiger partial charge is 0.257 e. The number of nitrogens with one attached hydrogen (secondary N) is 1. The molecule has 2 aromatic heterocycles. The first kappa shape index (κ1) is 16.5. The zero-order valence-corrected chi connectivity index (χ0v) is 14.5. The first-order valence-corrected chi connectivity index (χ1v) is 8.15. The molecular formula is C18H18ClN3O2. The summed E-state index contributed by atoms with van der Waals surface area (Å²) in [5.74, 6) is 0.00195. The SMILES string of the molecule is CC(C)c1noc2ncc(C(=O)NC(C)c3ccc(Cl)cc3)cc12. The van der Waals surface area contributed by atoms with Crippen LogP contribution in [-0.2, 0) is 0 Å². The Morgan fingerprint density at radius 2 is 1.92 bits per heavy atom. The Morgan fingerprint density at radius 3 is 2.58 bits per heavy atom. The minimum absolute atomic E-state index is 0.141. The van der Waals surface area contributed by atoms with Crippen LogP contribution in [0.3, 0.4) is 0 Å². The van der Waals surface area contributed by atoms with Gasteiger partial charge < -0.3 is 9.84 Å². The number of aromatic nitrogens is 2. The average Bonchev–Trinajstić information content (AvgIpc) is 2.98. The number of amides is 1. The number of carbonyl (C=O) groups is 1. The highest BCUT2D eigenvalue weighted by Gasteiger charge is 2.17. The third kappa shape index (κ3) is 3.26. The number of hydrogen-bond donors (Lipinski definition) is 1. The van der Waals surface area contributed by atoms with Gasteiger partial charge in [-0.3, -0.25) is 4.79 Å². The topological polar surface area (TPSA) is 68.0 Å². The maximum Gasteiger partial charge on any atom is 0.257 e. The molecule has 0 saturated heterocycles. The molecule has 0 fully saturated rings. The summed E-state index contributed by atoms with van der Waals surface area (Å²) < 4.78 is 5.20. The summed E-state index contributed by atoms with van der Waals surface area (Å²) in [7, 11) is 0. The fraction of sp³-hybridized carbons (Fsp3) is 0.278. The summed E-state index contributed by atoms with van der Waals surface area (Å²) in [6.45, 7) is 5.96. The number of pyridine rings is 1. The highest BCUT2D eigenvalue weighted by molar-refractivity contribution is 6.30. The molecule has 1 atom stereocenters. The Kier molecular flexibility index (Phi) is 4.53. The highest BCUT2D eigenvalue weighted by Crippen LogP contribution is 2.24. The van der Waals surface area contributed by atoms with Crippen molar-refractivity contribution in [1.82, 2.24) is 15.5 Å². The second kappa shape index (κ2) is 6.61. The standard InChI is InChI=1S/C18H18ClN3O2/c1-10(2)16-15-8-13(9-20-18(15)24-22-16)17(23)21-11(3)12-4-6-14(19)7-5-12/h4-11H,1-3H3,(H,21,23). The number of benzene rings is 1. The Morgan fingerprint density at radius 1 is 1.21 bits per heavy atom. The van der Waals surface area contributed by atoms with Crippen molar-refractivity contribution in [2.24, 2.45) is 0 Å². The van der Waals surface area contributed by atoms with Gasteiger partial charge in [-0.1, -0.05) is 42.7 Å². The van der Waals surface area contributed by atoms with Gasteiger partial charge in [-0.05, 0) is 36.6 Å². The first-order valence-electron chi connectivity index (χ1n) is 7.77. The molecule has 124 valence electrons. The van der Waals surface area contributed by atoms with E-state index in [9.17, 15) is 4.79 Å². The van der Waals surface area contributed by atoms with Crippen LogP contribution >= 0.6 is 11.6 Å². The zero-order chi connectivity index (χ0) is 17.3. The van der Waals surface area contributed by atoms with E-state index in [2.05, 4.69) is 15.5 Å². The van der Waals surface area contributed by atoms with Crippen LogP contribution in [0.4, 0.5) is 0 Å². The molecule has 0 saturated carbocycles. The summed E-state index contributed by atoms with van der Waals surface area (Å²) in [4.78, 5) is 16.7. The molecule has 3 aromatic rings. The van der Waals surface area contributed by atoms with Crippen LogP contribution in [0.1, 0.15) is 54.3 Å². The number of rotatable bonds is 4. The minimum Gasteiger partial charge on any atom is -0.345 e. The Labute approximate surface area is 145 Å². The monoisotopic (exact) mass is 343 g/mol. The lowest BCUT2D eigenvalue weighted by atomic mass is 10.1. The van der Waals surface area contributed by atoms with Gasteiger partial charge in [0.1, 0.15) is 0 Å². The van der Waals surface area contributed by atoms with Crippen LogP contribution in [0, 0.1) is 0 Å². The zero-order valence-electron chi connectivity index (χ0n) is 13.7. The summed E-state index contributed by atoms with van der Waals surface area (Å²) in [6, 6.07) is 9.03. The van der Waals surface area contributed by atoms with Crippen molar-refractivity contribution in [2.45, 2.75) is 32.7 Å². The summed E-state index contributed by atoms with van der Waals surface area (Å²) in [5.41, 5.74) is 2.71. The van der Waals surface area contributed by atoms with Gasteiger partial charge in [0.15, 0.2) is 0 Å². The van der Waals surface area contributed by atoms with Gasteiger partial charge in [0.25, 0.3) is 11.6 Å². The molecule has 1 amide bonds. The van der Waals surface area contributed by atoms with Crippen molar-refractivity contribution in [3.63, 3.8) is 0 Å². The number of hydrogen-bond acceptors (Lipinski definition) is 4. The molecule has 0 bridgehead atoms. The van der Waals surface area contributed by atoms with E-state index in [-0.39, 0.29) is 17.9 Å². The van der Waals surface area contributed by atoms with Crippen LogP contribution in [0.25, 0.3) is 11.1 Å². The first-order chi connectivity index (χ1) is 11.5. The van der Waals surface area contributed by atoms with E-state index in [0.29, 0.717) is 16.3 Å². The van der Waals surface area contributed by atoms with E-state index >= 15 is 0 Å². The Bertz CT molecular complexity index is 872. The van der Waals surface area contributed by atoms with Crippen molar-refractivity contribution in [3.8, 4) is 0 Å². The van der Waals surface area contributed by atoms with E-state index in [4.69, 9.17) is 16.1 Å². The van der Waals surface area contributed by atoms with Gasteiger partial charge >= 0.3 is 0 Å². The summed E-state index contributed by atoms with van der Waals surface area (Å²) in [6.07, 6.45) is 1.50. The molecule has 1 aromatic carbocycles. The molecule has 0 spiro atoms. The highest BCUT2D eigenvalue weighted by atomic mass is 35.5.